The van der Waals surface area contributed by atoms with Gasteiger partial charge in [-0.1, -0.05) is 35.9 Å². The second-order valence-electron chi connectivity index (χ2n) is 7.08. The standard InChI is InChI=1S/C24H21N3O3/c1-16-7-11-19(12-8-16)30-20-13-9-18(10-14-20)25-23(28)15-27-24(29)22-6-4-3-5-21(22)17(2)26-27/h3-14H,15H2,1-2H3,(H,25,28). The molecule has 0 atom stereocenters. The number of anilines is 1. The topological polar surface area (TPSA) is 73.2 Å². The number of hydrogen-bond donors (Lipinski definition) is 1. The van der Waals surface area contributed by atoms with Gasteiger partial charge < -0.3 is 10.1 Å². The summed E-state index contributed by atoms with van der Waals surface area (Å²) in [5.74, 6) is 1.08. The molecule has 6 nitrogen and oxygen atoms in total. The van der Waals surface area contributed by atoms with E-state index in [0.29, 0.717) is 22.5 Å². The summed E-state index contributed by atoms with van der Waals surface area (Å²) in [6.07, 6.45) is 0. The summed E-state index contributed by atoms with van der Waals surface area (Å²) in [4.78, 5) is 25.1. The Kier molecular flexibility index (Phi) is 5.30. The van der Waals surface area contributed by atoms with Crippen LogP contribution >= 0.6 is 0 Å². The van der Waals surface area contributed by atoms with Gasteiger partial charge in [0.25, 0.3) is 5.56 Å². The van der Waals surface area contributed by atoms with E-state index in [9.17, 15) is 9.59 Å². The van der Waals surface area contributed by atoms with Gasteiger partial charge in [-0.05, 0) is 56.3 Å². The maximum Gasteiger partial charge on any atom is 0.275 e. The van der Waals surface area contributed by atoms with Crippen LogP contribution in [0, 0.1) is 13.8 Å². The summed E-state index contributed by atoms with van der Waals surface area (Å²) < 4.78 is 6.99. The number of ether oxygens (including phenoxy) is 1. The molecule has 0 saturated carbocycles. The fraction of sp³-hybridized carbons (Fsp3) is 0.125. The number of nitrogens with one attached hydrogen (secondary N) is 1. The predicted octanol–water partition coefficient (Wildman–Crippen LogP) is 4.44. The fourth-order valence-corrected chi connectivity index (χ4v) is 3.20. The van der Waals surface area contributed by atoms with Crippen LogP contribution in [0.1, 0.15) is 11.3 Å². The van der Waals surface area contributed by atoms with Crippen LogP contribution in [-0.2, 0) is 11.3 Å². The summed E-state index contributed by atoms with van der Waals surface area (Å²) in [7, 11) is 0. The molecule has 1 aromatic heterocycles. The van der Waals surface area contributed by atoms with Gasteiger partial charge in [0.2, 0.25) is 5.91 Å². The quantitative estimate of drug-likeness (QED) is 0.538. The maximum absolute atomic E-state index is 12.6. The minimum atomic E-state index is -0.327. The average molecular weight is 399 g/mol. The zero-order valence-corrected chi connectivity index (χ0v) is 16.8. The van der Waals surface area contributed by atoms with Crippen LogP contribution in [-0.4, -0.2) is 15.7 Å². The van der Waals surface area contributed by atoms with Gasteiger partial charge in [-0.15, -0.1) is 0 Å². The Balaban J connectivity index is 1.44. The molecule has 0 radical (unpaired) electrons. The molecule has 1 heterocycles. The number of hydrogen-bond acceptors (Lipinski definition) is 4. The molecule has 6 heteroatoms. The SMILES string of the molecule is Cc1ccc(Oc2ccc(NC(=O)Cn3nc(C)c4ccccc4c3=O)cc2)cc1. The van der Waals surface area contributed by atoms with Crippen molar-refractivity contribution in [1.29, 1.82) is 0 Å². The molecule has 4 aromatic rings. The molecule has 0 bridgehead atoms. The van der Waals surface area contributed by atoms with Crippen molar-refractivity contribution in [3.05, 3.63) is 94.4 Å². The molecule has 0 aliphatic rings. The second kappa shape index (κ2) is 8.21. The molecule has 1 amide bonds. The van der Waals surface area contributed by atoms with E-state index in [1.54, 1.807) is 36.4 Å². The number of aryl methyl sites for hydroxylation is 2. The van der Waals surface area contributed by atoms with E-state index >= 15 is 0 Å². The van der Waals surface area contributed by atoms with Gasteiger partial charge in [0.15, 0.2) is 0 Å². The zero-order valence-electron chi connectivity index (χ0n) is 16.8. The van der Waals surface area contributed by atoms with Gasteiger partial charge in [-0.25, -0.2) is 4.68 Å². The largest absolute Gasteiger partial charge is 0.457 e. The van der Waals surface area contributed by atoms with E-state index in [1.165, 1.54) is 4.68 Å². The van der Waals surface area contributed by atoms with Gasteiger partial charge >= 0.3 is 0 Å². The smallest absolute Gasteiger partial charge is 0.275 e. The third-order valence-corrected chi connectivity index (χ3v) is 4.74. The molecule has 4 rings (SSSR count). The third kappa shape index (κ3) is 4.22. The van der Waals surface area contributed by atoms with Gasteiger partial charge in [-0.3, -0.25) is 9.59 Å². The minimum absolute atomic E-state index is 0.161. The molecule has 0 saturated heterocycles. The van der Waals surface area contributed by atoms with Gasteiger partial charge in [0.05, 0.1) is 11.1 Å². The average Bonchev–Trinajstić information content (AvgIpc) is 2.75. The zero-order chi connectivity index (χ0) is 21.1. The van der Waals surface area contributed by atoms with Crippen LogP contribution in [0.4, 0.5) is 5.69 Å². The number of amides is 1. The van der Waals surface area contributed by atoms with Crippen molar-refractivity contribution in [1.82, 2.24) is 9.78 Å². The predicted molar refractivity (Wildman–Crippen MR) is 117 cm³/mol. The summed E-state index contributed by atoms with van der Waals surface area (Å²) in [5.41, 5.74) is 2.20. The lowest BCUT2D eigenvalue weighted by molar-refractivity contribution is -0.117. The molecule has 30 heavy (non-hydrogen) atoms. The molecule has 0 aliphatic heterocycles. The van der Waals surface area contributed by atoms with Gasteiger partial charge in [0, 0.05) is 11.1 Å². The van der Waals surface area contributed by atoms with E-state index in [0.717, 1.165) is 16.7 Å². The highest BCUT2D eigenvalue weighted by molar-refractivity contribution is 5.91. The van der Waals surface area contributed by atoms with Crippen molar-refractivity contribution >= 4 is 22.4 Å². The highest BCUT2D eigenvalue weighted by Gasteiger charge is 2.11. The van der Waals surface area contributed by atoms with Crippen molar-refractivity contribution < 1.29 is 9.53 Å². The lowest BCUT2D eigenvalue weighted by Gasteiger charge is -2.10. The molecule has 150 valence electrons. The number of carbonyl (C=O) groups excluding carboxylic acids is 1. The monoisotopic (exact) mass is 399 g/mol. The Labute approximate surface area is 173 Å². The Bertz CT molecular complexity index is 1260. The first-order valence-electron chi connectivity index (χ1n) is 9.60. The van der Waals surface area contributed by atoms with E-state index < -0.39 is 0 Å². The summed E-state index contributed by atoms with van der Waals surface area (Å²) in [6.45, 7) is 3.68. The van der Waals surface area contributed by atoms with Gasteiger partial charge in [-0.2, -0.15) is 5.10 Å². The van der Waals surface area contributed by atoms with Crippen molar-refractivity contribution in [3.8, 4) is 11.5 Å². The van der Waals surface area contributed by atoms with Crippen LogP contribution in [0.15, 0.2) is 77.6 Å². The number of benzene rings is 3. The number of nitrogens with zero attached hydrogens (tertiary/aromatic N) is 2. The summed E-state index contributed by atoms with van der Waals surface area (Å²) >= 11 is 0. The van der Waals surface area contributed by atoms with Crippen LogP contribution in [0.2, 0.25) is 0 Å². The molecular formula is C24H21N3O3. The summed E-state index contributed by atoms with van der Waals surface area (Å²) in [5, 5.41) is 8.41. The van der Waals surface area contributed by atoms with Crippen molar-refractivity contribution in [2.24, 2.45) is 0 Å². The molecule has 3 aromatic carbocycles. The van der Waals surface area contributed by atoms with E-state index in [4.69, 9.17) is 4.74 Å². The molecular weight excluding hydrogens is 378 g/mol. The molecule has 0 unspecified atom stereocenters. The van der Waals surface area contributed by atoms with Crippen LogP contribution in [0.25, 0.3) is 10.8 Å². The van der Waals surface area contributed by atoms with Crippen LogP contribution in [0.5, 0.6) is 11.5 Å². The minimum Gasteiger partial charge on any atom is -0.457 e. The molecule has 0 spiro atoms. The van der Waals surface area contributed by atoms with E-state index in [2.05, 4.69) is 10.4 Å². The first kappa shape index (κ1) is 19.4. The number of rotatable bonds is 5. The Hall–Kier alpha value is -3.93. The molecule has 1 N–H and O–H groups in total. The van der Waals surface area contributed by atoms with Crippen molar-refractivity contribution in [2.75, 3.05) is 5.32 Å². The van der Waals surface area contributed by atoms with E-state index in [1.807, 2.05) is 50.2 Å². The highest BCUT2D eigenvalue weighted by Crippen LogP contribution is 2.23. The molecule has 0 fully saturated rings. The Morgan fingerprint density at radius 1 is 0.900 bits per heavy atom. The van der Waals surface area contributed by atoms with Crippen molar-refractivity contribution in [2.45, 2.75) is 20.4 Å². The first-order valence-corrected chi connectivity index (χ1v) is 9.60. The van der Waals surface area contributed by atoms with Crippen LogP contribution < -0.4 is 15.6 Å². The maximum atomic E-state index is 12.6. The molecule has 0 aliphatic carbocycles. The lowest BCUT2D eigenvalue weighted by atomic mass is 10.1. The number of fused-ring (bicyclic) bond motifs is 1. The summed E-state index contributed by atoms with van der Waals surface area (Å²) in [6, 6.07) is 22.1. The fourth-order valence-electron chi connectivity index (χ4n) is 3.20. The normalized spacial score (nSPS) is 10.7. The number of carbonyl (C=O) groups is 1. The van der Waals surface area contributed by atoms with Crippen LogP contribution in [0.3, 0.4) is 0 Å². The third-order valence-electron chi connectivity index (χ3n) is 4.74. The van der Waals surface area contributed by atoms with Crippen molar-refractivity contribution in [3.63, 3.8) is 0 Å². The first-order chi connectivity index (χ1) is 14.5. The van der Waals surface area contributed by atoms with E-state index in [-0.39, 0.29) is 18.0 Å². The second-order valence-corrected chi connectivity index (χ2v) is 7.08. The Morgan fingerprint density at radius 2 is 1.50 bits per heavy atom. The lowest BCUT2D eigenvalue weighted by Crippen LogP contribution is -2.30. The highest BCUT2D eigenvalue weighted by atomic mass is 16.5. The number of aromatic nitrogens is 2. The van der Waals surface area contributed by atoms with Gasteiger partial charge in [0.1, 0.15) is 18.0 Å². The Morgan fingerprint density at radius 3 is 2.17 bits per heavy atom.